The minimum Gasteiger partial charge on any atom is -0.463 e. The van der Waals surface area contributed by atoms with E-state index in [1.165, 1.54) is 12.1 Å². The number of hydrogen-bond donors (Lipinski definition) is 0. The molecule has 0 N–H and O–H groups in total. The van der Waals surface area contributed by atoms with Gasteiger partial charge in [-0.3, -0.25) is 9.05 Å². The summed E-state index contributed by atoms with van der Waals surface area (Å²) in [7, 11) is -4.12. The Labute approximate surface area is 135 Å². The standard InChI is InChI=1S/C15H20NO6P/c1-4-19-14(17)15(12-16,13-10-8-7-9-11-13)22-23(18,20-5-2)21-6-3/h7-11H,4-6H2,1-3H3. The number of ether oxygens (including phenoxy) is 1. The van der Waals surface area contributed by atoms with E-state index in [1.807, 2.05) is 0 Å². The van der Waals surface area contributed by atoms with E-state index in [1.54, 1.807) is 45.0 Å². The van der Waals surface area contributed by atoms with Crippen molar-refractivity contribution < 1.29 is 27.7 Å². The number of hydrogen-bond acceptors (Lipinski definition) is 7. The second-order valence-electron chi connectivity index (χ2n) is 4.25. The van der Waals surface area contributed by atoms with Crippen LogP contribution < -0.4 is 0 Å². The maximum Gasteiger partial charge on any atom is 0.477 e. The van der Waals surface area contributed by atoms with Crippen molar-refractivity contribution in [2.24, 2.45) is 0 Å². The van der Waals surface area contributed by atoms with Gasteiger partial charge < -0.3 is 4.74 Å². The van der Waals surface area contributed by atoms with Crippen LogP contribution in [0.25, 0.3) is 0 Å². The van der Waals surface area contributed by atoms with Gasteiger partial charge in [0.2, 0.25) is 0 Å². The van der Waals surface area contributed by atoms with Gasteiger partial charge in [0.05, 0.1) is 19.8 Å². The molecule has 0 radical (unpaired) electrons. The SMILES string of the molecule is CCOC(=O)C(C#N)(OP(=O)(OCC)OCC)c1ccccc1. The van der Waals surface area contributed by atoms with Crippen molar-refractivity contribution in [2.45, 2.75) is 26.4 Å². The van der Waals surface area contributed by atoms with Gasteiger partial charge in [0.1, 0.15) is 6.07 Å². The second kappa shape index (κ2) is 8.80. The average molecular weight is 341 g/mol. The first-order valence-corrected chi connectivity index (χ1v) is 8.67. The number of esters is 1. The van der Waals surface area contributed by atoms with Crippen molar-refractivity contribution in [2.75, 3.05) is 19.8 Å². The van der Waals surface area contributed by atoms with Gasteiger partial charge in [0.25, 0.3) is 5.60 Å². The molecule has 0 bridgehead atoms. The summed E-state index contributed by atoms with van der Waals surface area (Å²) in [6, 6.07) is 9.72. The quantitative estimate of drug-likeness (QED) is 0.503. The summed E-state index contributed by atoms with van der Waals surface area (Å²) >= 11 is 0. The Morgan fingerprint density at radius 3 is 2.13 bits per heavy atom. The minimum atomic E-state index is -4.12. The van der Waals surface area contributed by atoms with Gasteiger partial charge in [0, 0.05) is 5.56 Å². The van der Waals surface area contributed by atoms with E-state index in [0.717, 1.165) is 0 Å². The Morgan fingerprint density at radius 1 is 1.13 bits per heavy atom. The molecular weight excluding hydrogens is 321 g/mol. The monoisotopic (exact) mass is 341 g/mol. The molecule has 0 spiro atoms. The number of phosphoric acid groups is 1. The summed E-state index contributed by atoms with van der Waals surface area (Å²) in [5.74, 6) is -0.978. The highest BCUT2D eigenvalue weighted by molar-refractivity contribution is 7.48. The summed E-state index contributed by atoms with van der Waals surface area (Å²) in [5, 5.41) is 9.62. The lowest BCUT2D eigenvalue weighted by Gasteiger charge is -2.28. The van der Waals surface area contributed by atoms with Crippen molar-refractivity contribution in [3.8, 4) is 6.07 Å². The van der Waals surface area contributed by atoms with E-state index in [4.69, 9.17) is 18.3 Å². The smallest absolute Gasteiger partial charge is 0.463 e. The molecule has 1 rings (SSSR count). The lowest BCUT2D eigenvalue weighted by atomic mass is 9.96. The molecule has 0 aliphatic carbocycles. The summed E-state index contributed by atoms with van der Waals surface area (Å²) in [5.41, 5.74) is -2.06. The predicted octanol–water partition coefficient (Wildman–Crippen LogP) is 3.17. The Kier molecular flexibility index (Phi) is 7.40. The van der Waals surface area contributed by atoms with Crippen molar-refractivity contribution in [1.82, 2.24) is 0 Å². The molecule has 8 heteroatoms. The molecule has 1 aromatic rings. The number of carbonyl (C=O) groups is 1. The first kappa shape index (κ1) is 19.3. The van der Waals surface area contributed by atoms with E-state index in [9.17, 15) is 14.6 Å². The Hall–Kier alpha value is -1.71. The first-order chi connectivity index (χ1) is 11.0. The highest BCUT2D eigenvalue weighted by Gasteiger charge is 2.50. The van der Waals surface area contributed by atoms with Crippen molar-refractivity contribution in [3.05, 3.63) is 35.9 Å². The zero-order valence-corrected chi connectivity index (χ0v) is 14.2. The third-order valence-corrected chi connectivity index (χ3v) is 4.37. The molecule has 126 valence electrons. The van der Waals surface area contributed by atoms with E-state index >= 15 is 0 Å². The molecule has 0 aliphatic rings. The maximum absolute atomic E-state index is 12.6. The summed E-state index contributed by atoms with van der Waals surface area (Å²) < 4.78 is 33.0. The summed E-state index contributed by atoms with van der Waals surface area (Å²) in [6.07, 6.45) is 0. The number of nitrogens with zero attached hydrogens (tertiary/aromatic N) is 1. The van der Waals surface area contributed by atoms with Crippen LogP contribution in [-0.2, 0) is 33.3 Å². The number of phosphoric ester groups is 1. The highest BCUT2D eigenvalue weighted by atomic mass is 31.2. The molecule has 0 amide bonds. The lowest BCUT2D eigenvalue weighted by molar-refractivity contribution is -0.159. The zero-order chi connectivity index (χ0) is 17.3. The van der Waals surface area contributed by atoms with E-state index in [-0.39, 0.29) is 25.4 Å². The van der Waals surface area contributed by atoms with Crippen LogP contribution in [0.5, 0.6) is 0 Å². The number of carbonyl (C=O) groups excluding carboxylic acids is 1. The maximum atomic E-state index is 12.6. The highest BCUT2D eigenvalue weighted by Crippen LogP contribution is 2.55. The van der Waals surface area contributed by atoms with Crippen LogP contribution in [-0.4, -0.2) is 25.8 Å². The number of benzene rings is 1. The summed E-state index contributed by atoms with van der Waals surface area (Å²) in [4.78, 5) is 12.4. The van der Waals surface area contributed by atoms with Crippen LogP contribution in [0.15, 0.2) is 30.3 Å². The molecule has 0 saturated heterocycles. The minimum absolute atomic E-state index is 0.0242. The molecule has 0 heterocycles. The molecule has 1 unspecified atom stereocenters. The van der Waals surface area contributed by atoms with Gasteiger partial charge in [-0.2, -0.15) is 5.26 Å². The molecular formula is C15H20NO6P. The van der Waals surface area contributed by atoms with Gasteiger partial charge >= 0.3 is 13.8 Å². The van der Waals surface area contributed by atoms with Crippen molar-refractivity contribution in [3.63, 3.8) is 0 Å². The van der Waals surface area contributed by atoms with Crippen molar-refractivity contribution in [1.29, 1.82) is 5.26 Å². The fraction of sp³-hybridized carbons (Fsp3) is 0.467. The zero-order valence-electron chi connectivity index (χ0n) is 13.4. The Balaban J connectivity index is 3.37. The largest absolute Gasteiger partial charge is 0.477 e. The van der Waals surface area contributed by atoms with Gasteiger partial charge in [-0.25, -0.2) is 13.9 Å². The fourth-order valence-electron chi connectivity index (χ4n) is 1.82. The first-order valence-electron chi connectivity index (χ1n) is 7.21. The average Bonchev–Trinajstić information content (AvgIpc) is 2.54. The van der Waals surface area contributed by atoms with Crippen LogP contribution in [0.1, 0.15) is 26.3 Å². The van der Waals surface area contributed by atoms with Crippen LogP contribution in [0, 0.1) is 11.3 Å². The van der Waals surface area contributed by atoms with Gasteiger partial charge in [-0.05, 0) is 20.8 Å². The molecule has 7 nitrogen and oxygen atoms in total. The fourth-order valence-corrected chi connectivity index (χ4v) is 3.19. The van der Waals surface area contributed by atoms with Crippen LogP contribution in [0.4, 0.5) is 0 Å². The second-order valence-corrected chi connectivity index (χ2v) is 5.85. The normalized spacial score (nSPS) is 13.8. The molecule has 0 saturated carbocycles. The summed E-state index contributed by atoms with van der Waals surface area (Å²) in [6.45, 7) is 4.86. The lowest BCUT2D eigenvalue weighted by Crippen LogP contribution is -2.38. The topological polar surface area (TPSA) is 94.9 Å². The van der Waals surface area contributed by atoms with Gasteiger partial charge in [-0.1, -0.05) is 30.3 Å². The molecule has 23 heavy (non-hydrogen) atoms. The predicted molar refractivity (Wildman–Crippen MR) is 82.3 cm³/mol. The van der Waals surface area contributed by atoms with Crippen LogP contribution >= 0.6 is 7.82 Å². The molecule has 0 fully saturated rings. The molecule has 1 atom stereocenters. The van der Waals surface area contributed by atoms with Crippen LogP contribution in [0.3, 0.4) is 0 Å². The number of nitriles is 1. The third-order valence-electron chi connectivity index (χ3n) is 2.72. The molecule has 1 aromatic carbocycles. The van der Waals surface area contributed by atoms with Gasteiger partial charge in [0.15, 0.2) is 0 Å². The number of rotatable bonds is 9. The Morgan fingerprint density at radius 2 is 1.70 bits per heavy atom. The molecule has 0 aliphatic heterocycles. The van der Waals surface area contributed by atoms with E-state index in [0.29, 0.717) is 0 Å². The molecule has 0 aromatic heterocycles. The Bertz CT molecular complexity index is 590. The van der Waals surface area contributed by atoms with Crippen LogP contribution in [0.2, 0.25) is 0 Å². The van der Waals surface area contributed by atoms with E-state index in [2.05, 4.69) is 0 Å². The third kappa shape index (κ3) is 4.63. The van der Waals surface area contributed by atoms with Gasteiger partial charge in [-0.15, -0.1) is 0 Å². The van der Waals surface area contributed by atoms with Crippen molar-refractivity contribution >= 4 is 13.8 Å². The van der Waals surface area contributed by atoms with E-state index < -0.39 is 19.4 Å².